The third-order valence-corrected chi connectivity index (χ3v) is 5.25. The largest absolute Gasteiger partial charge is 0.493 e. The first-order valence-electron chi connectivity index (χ1n) is 10.6. The molecule has 0 aromatic heterocycles. The fourth-order valence-corrected chi connectivity index (χ4v) is 3.46. The summed E-state index contributed by atoms with van der Waals surface area (Å²) in [6.07, 6.45) is 4.40. The van der Waals surface area contributed by atoms with E-state index in [0.29, 0.717) is 35.8 Å². The molecule has 32 heavy (non-hydrogen) atoms. The molecule has 1 N–H and O–H groups in total. The van der Waals surface area contributed by atoms with Crippen molar-refractivity contribution < 1.29 is 19.1 Å². The van der Waals surface area contributed by atoms with Crippen LogP contribution in [0.3, 0.4) is 0 Å². The lowest BCUT2D eigenvalue weighted by Gasteiger charge is -2.14. The van der Waals surface area contributed by atoms with Crippen molar-refractivity contribution in [1.82, 2.24) is 4.90 Å². The van der Waals surface area contributed by atoms with Gasteiger partial charge in [0.25, 0.3) is 11.8 Å². The second-order valence-electron chi connectivity index (χ2n) is 7.47. The highest BCUT2D eigenvalue weighted by molar-refractivity contribution is 6.01. The van der Waals surface area contributed by atoms with Gasteiger partial charge in [0.2, 0.25) is 0 Å². The van der Waals surface area contributed by atoms with Crippen LogP contribution in [-0.2, 0) is 16.0 Å². The summed E-state index contributed by atoms with van der Waals surface area (Å²) in [6.45, 7) is 3.25. The molecule has 0 radical (unpaired) electrons. The summed E-state index contributed by atoms with van der Waals surface area (Å²) in [4.78, 5) is 26.4. The van der Waals surface area contributed by atoms with E-state index >= 15 is 0 Å². The molecule has 0 saturated carbocycles. The Hall–Kier alpha value is -3.79. The SMILES string of the molecule is CCc1ccc(NC(=O)COc2ccc(/C=C(\C#N)C(=O)N3CCCC3)cc2OC)cc1. The summed E-state index contributed by atoms with van der Waals surface area (Å²) in [5.74, 6) is 0.256. The number of ether oxygens (including phenoxy) is 2. The molecule has 0 aliphatic carbocycles. The molecule has 3 rings (SSSR count). The molecule has 7 heteroatoms. The predicted molar refractivity (Wildman–Crippen MR) is 122 cm³/mol. The number of carbonyl (C=O) groups is 2. The van der Waals surface area contributed by atoms with Crippen molar-refractivity contribution in [3.05, 3.63) is 59.2 Å². The van der Waals surface area contributed by atoms with Crippen LogP contribution >= 0.6 is 0 Å². The minimum atomic E-state index is -0.289. The number of nitrogens with zero attached hydrogens (tertiary/aromatic N) is 2. The van der Waals surface area contributed by atoms with Gasteiger partial charge in [-0.05, 0) is 60.7 Å². The zero-order chi connectivity index (χ0) is 22.9. The fraction of sp³-hybridized carbons (Fsp3) is 0.320. The molecule has 1 saturated heterocycles. The predicted octanol–water partition coefficient (Wildman–Crippen LogP) is 3.80. The van der Waals surface area contributed by atoms with E-state index in [4.69, 9.17) is 9.47 Å². The number of aryl methyl sites for hydroxylation is 1. The van der Waals surface area contributed by atoms with Gasteiger partial charge < -0.3 is 19.7 Å². The lowest BCUT2D eigenvalue weighted by molar-refractivity contribution is -0.125. The average molecular weight is 434 g/mol. The van der Waals surface area contributed by atoms with Crippen LogP contribution in [0.15, 0.2) is 48.0 Å². The quantitative estimate of drug-likeness (QED) is 0.505. The molecule has 1 aliphatic heterocycles. The number of nitrogens with one attached hydrogen (secondary N) is 1. The Morgan fingerprint density at radius 3 is 2.47 bits per heavy atom. The summed E-state index contributed by atoms with van der Waals surface area (Å²) < 4.78 is 11.0. The maximum absolute atomic E-state index is 12.5. The lowest BCUT2D eigenvalue weighted by atomic mass is 10.1. The summed E-state index contributed by atoms with van der Waals surface area (Å²) in [5, 5.41) is 12.2. The van der Waals surface area contributed by atoms with E-state index in [0.717, 1.165) is 19.3 Å². The van der Waals surface area contributed by atoms with Crippen molar-refractivity contribution in [3.8, 4) is 17.6 Å². The molecule has 1 heterocycles. The minimum absolute atomic E-state index is 0.0797. The topological polar surface area (TPSA) is 91.7 Å². The van der Waals surface area contributed by atoms with Crippen LogP contribution in [-0.4, -0.2) is 43.5 Å². The number of carbonyl (C=O) groups excluding carboxylic acids is 2. The van der Waals surface area contributed by atoms with Gasteiger partial charge in [-0.2, -0.15) is 5.26 Å². The Morgan fingerprint density at radius 2 is 1.84 bits per heavy atom. The Morgan fingerprint density at radius 1 is 1.12 bits per heavy atom. The van der Waals surface area contributed by atoms with E-state index in [1.807, 2.05) is 30.3 Å². The number of nitriles is 1. The summed E-state index contributed by atoms with van der Waals surface area (Å²) in [7, 11) is 1.49. The highest BCUT2D eigenvalue weighted by atomic mass is 16.5. The molecule has 0 spiro atoms. The molecule has 166 valence electrons. The molecular weight excluding hydrogens is 406 g/mol. The molecule has 2 amide bonds. The monoisotopic (exact) mass is 433 g/mol. The van der Waals surface area contributed by atoms with Crippen LogP contribution in [0.4, 0.5) is 5.69 Å². The second-order valence-corrected chi connectivity index (χ2v) is 7.47. The number of anilines is 1. The van der Waals surface area contributed by atoms with Crippen LogP contribution in [0.1, 0.15) is 30.9 Å². The molecule has 7 nitrogen and oxygen atoms in total. The highest BCUT2D eigenvalue weighted by Gasteiger charge is 2.21. The van der Waals surface area contributed by atoms with Gasteiger partial charge in [-0.25, -0.2) is 0 Å². The van der Waals surface area contributed by atoms with Crippen molar-refractivity contribution in [3.63, 3.8) is 0 Å². The highest BCUT2D eigenvalue weighted by Crippen LogP contribution is 2.29. The first kappa shape index (κ1) is 22.9. The lowest BCUT2D eigenvalue weighted by Crippen LogP contribution is -2.28. The molecule has 0 atom stereocenters. The summed E-state index contributed by atoms with van der Waals surface area (Å²) in [6, 6.07) is 14.7. The van der Waals surface area contributed by atoms with Gasteiger partial charge >= 0.3 is 0 Å². The van der Waals surface area contributed by atoms with Crippen LogP contribution in [0, 0.1) is 11.3 Å². The zero-order valence-corrected chi connectivity index (χ0v) is 18.4. The second kappa shape index (κ2) is 11.0. The molecule has 2 aromatic rings. The molecular formula is C25H27N3O4. The van der Waals surface area contributed by atoms with Crippen molar-refractivity contribution in [2.75, 3.05) is 32.1 Å². The number of rotatable bonds is 8. The van der Waals surface area contributed by atoms with Gasteiger partial charge in [0.05, 0.1) is 7.11 Å². The van der Waals surface area contributed by atoms with E-state index in [2.05, 4.69) is 12.2 Å². The van der Waals surface area contributed by atoms with Gasteiger partial charge in [-0.15, -0.1) is 0 Å². The fourth-order valence-electron chi connectivity index (χ4n) is 3.46. The minimum Gasteiger partial charge on any atom is -0.493 e. The van der Waals surface area contributed by atoms with E-state index in [-0.39, 0.29) is 24.0 Å². The Kier molecular flexibility index (Phi) is 7.87. The van der Waals surface area contributed by atoms with Crippen molar-refractivity contribution >= 4 is 23.6 Å². The Bertz CT molecular complexity index is 1030. The van der Waals surface area contributed by atoms with Crippen molar-refractivity contribution in [2.45, 2.75) is 26.2 Å². The molecule has 0 unspecified atom stereocenters. The van der Waals surface area contributed by atoms with Crippen molar-refractivity contribution in [2.24, 2.45) is 0 Å². The third kappa shape index (κ3) is 5.88. The summed E-state index contributed by atoms with van der Waals surface area (Å²) in [5.41, 5.74) is 2.62. The normalized spacial score (nSPS) is 13.4. The average Bonchev–Trinajstić information content (AvgIpc) is 3.36. The van der Waals surface area contributed by atoms with Gasteiger partial charge in [0.1, 0.15) is 11.6 Å². The summed E-state index contributed by atoms with van der Waals surface area (Å²) >= 11 is 0. The van der Waals surface area contributed by atoms with E-state index in [1.54, 1.807) is 29.2 Å². The first-order chi connectivity index (χ1) is 15.5. The molecule has 2 aromatic carbocycles. The standard InChI is InChI=1S/C25H27N3O4/c1-3-18-6-9-21(10-7-18)27-24(29)17-32-22-11-8-19(15-23(22)31-2)14-20(16-26)25(30)28-12-4-5-13-28/h6-11,14-15H,3-5,12-13,17H2,1-2H3,(H,27,29)/b20-14+. The number of methoxy groups -OCH3 is 1. The van der Waals surface area contributed by atoms with Gasteiger partial charge in [-0.1, -0.05) is 25.1 Å². The van der Waals surface area contributed by atoms with Gasteiger partial charge in [0.15, 0.2) is 18.1 Å². The Balaban J connectivity index is 1.64. The zero-order valence-electron chi connectivity index (χ0n) is 18.4. The van der Waals surface area contributed by atoms with Crippen LogP contribution in [0.2, 0.25) is 0 Å². The smallest absolute Gasteiger partial charge is 0.264 e. The van der Waals surface area contributed by atoms with E-state index < -0.39 is 0 Å². The number of likely N-dealkylation sites (tertiary alicyclic amines) is 1. The van der Waals surface area contributed by atoms with Crippen LogP contribution in [0.25, 0.3) is 6.08 Å². The first-order valence-corrected chi connectivity index (χ1v) is 10.6. The number of benzene rings is 2. The third-order valence-electron chi connectivity index (χ3n) is 5.25. The van der Waals surface area contributed by atoms with E-state index in [1.165, 1.54) is 12.7 Å². The maximum Gasteiger partial charge on any atom is 0.264 e. The number of hydrogen-bond acceptors (Lipinski definition) is 5. The van der Waals surface area contributed by atoms with Gasteiger partial charge in [0, 0.05) is 18.8 Å². The van der Waals surface area contributed by atoms with Crippen LogP contribution < -0.4 is 14.8 Å². The van der Waals surface area contributed by atoms with Gasteiger partial charge in [-0.3, -0.25) is 9.59 Å². The molecule has 0 bridgehead atoms. The van der Waals surface area contributed by atoms with Crippen LogP contribution in [0.5, 0.6) is 11.5 Å². The number of hydrogen-bond donors (Lipinski definition) is 1. The van der Waals surface area contributed by atoms with E-state index in [9.17, 15) is 14.9 Å². The Labute approximate surface area is 188 Å². The maximum atomic E-state index is 12.5. The van der Waals surface area contributed by atoms with Crippen molar-refractivity contribution in [1.29, 1.82) is 5.26 Å². The molecule has 1 aliphatic rings. The molecule has 1 fully saturated rings. The number of amides is 2.